The Morgan fingerprint density at radius 1 is 1.45 bits per heavy atom. The number of carbonyl (C=O) groups excluding carboxylic acids is 2. The Hall–Kier alpha value is -2.42. The van der Waals surface area contributed by atoms with Gasteiger partial charge in [-0.25, -0.2) is 0 Å². The third kappa shape index (κ3) is 5.96. The maximum Gasteiger partial charge on any atom is 0.317 e. The lowest BCUT2D eigenvalue weighted by Crippen LogP contribution is -2.39. The number of rotatable bonds is 8. The number of aliphatic carboxylic acids is 1. The Bertz CT molecular complexity index is 483. The molecule has 4 N–H and O–H groups in total. The summed E-state index contributed by atoms with van der Waals surface area (Å²) in [4.78, 5) is 34.3. The van der Waals surface area contributed by atoms with E-state index in [2.05, 4.69) is 10.5 Å². The van der Waals surface area contributed by atoms with Gasteiger partial charge in [0, 0.05) is 19.0 Å². The third-order valence-electron chi connectivity index (χ3n) is 2.29. The molecule has 0 aliphatic heterocycles. The molecule has 0 fully saturated rings. The first kappa shape index (κ1) is 15.6. The number of amides is 2. The Labute approximate surface area is 114 Å². The molecule has 1 aromatic rings. The van der Waals surface area contributed by atoms with Crippen molar-refractivity contribution in [1.82, 2.24) is 10.1 Å². The largest absolute Gasteiger partial charge is 0.480 e. The molecule has 0 saturated carbocycles. The highest BCUT2D eigenvalue weighted by Gasteiger charge is 2.14. The van der Waals surface area contributed by atoms with E-state index in [4.69, 9.17) is 15.4 Å². The number of carboxylic acid groups (broad SMARTS) is 1. The number of anilines is 1. The standard InChI is InChI=1S/C11H16N4O5/c1-7-4-9(14-20-7)13-10(17)2-3-15(5-8(12)16)6-11(18)19/h4H,2-3,5-6H2,1H3,(H2,12,16)(H,18,19)(H,13,14,17). The van der Waals surface area contributed by atoms with E-state index >= 15 is 0 Å². The molecule has 0 aliphatic rings. The summed E-state index contributed by atoms with van der Waals surface area (Å²) >= 11 is 0. The number of nitrogens with zero attached hydrogens (tertiary/aromatic N) is 2. The van der Waals surface area contributed by atoms with Crippen molar-refractivity contribution >= 4 is 23.6 Å². The number of hydrogen-bond donors (Lipinski definition) is 3. The summed E-state index contributed by atoms with van der Waals surface area (Å²) in [6.45, 7) is 1.20. The number of nitrogens with one attached hydrogen (secondary N) is 1. The van der Waals surface area contributed by atoms with E-state index in [0.29, 0.717) is 5.76 Å². The van der Waals surface area contributed by atoms with Crippen LogP contribution in [0.15, 0.2) is 10.6 Å². The number of nitrogens with two attached hydrogens (primary N) is 1. The van der Waals surface area contributed by atoms with Crippen molar-refractivity contribution in [2.24, 2.45) is 5.73 Å². The zero-order valence-electron chi connectivity index (χ0n) is 11.0. The van der Waals surface area contributed by atoms with E-state index in [1.165, 1.54) is 4.90 Å². The summed E-state index contributed by atoms with van der Waals surface area (Å²) in [5.74, 6) is -1.27. The van der Waals surface area contributed by atoms with Gasteiger partial charge in [0.1, 0.15) is 5.76 Å². The van der Waals surface area contributed by atoms with Crippen molar-refractivity contribution in [2.45, 2.75) is 13.3 Å². The molecular formula is C11H16N4O5. The van der Waals surface area contributed by atoms with Gasteiger partial charge in [0.25, 0.3) is 0 Å². The molecule has 0 saturated heterocycles. The lowest BCUT2D eigenvalue weighted by molar-refractivity contribution is -0.139. The monoisotopic (exact) mass is 284 g/mol. The highest BCUT2D eigenvalue weighted by molar-refractivity contribution is 5.89. The number of hydrogen-bond acceptors (Lipinski definition) is 6. The lowest BCUT2D eigenvalue weighted by Gasteiger charge is -2.17. The molecule has 2 amide bonds. The van der Waals surface area contributed by atoms with Crippen LogP contribution in [0.4, 0.5) is 5.82 Å². The van der Waals surface area contributed by atoms with Gasteiger partial charge in [-0.1, -0.05) is 5.16 Å². The van der Waals surface area contributed by atoms with Crippen molar-refractivity contribution in [1.29, 1.82) is 0 Å². The normalized spacial score (nSPS) is 10.5. The summed E-state index contributed by atoms with van der Waals surface area (Å²) < 4.78 is 4.78. The first-order valence-electron chi connectivity index (χ1n) is 5.82. The van der Waals surface area contributed by atoms with Crippen LogP contribution in [0.25, 0.3) is 0 Å². The Balaban J connectivity index is 2.43. The maximum atomic E-state index is 11.6. The lowest BCUT2D eigenvalue weighted by atomic mass is 10.3. The third-order valence-corrected chi connectivity index (χ3v) is 2.29. The molecule has 9 nitrogen and oxygen atoms in total. The first-order chi connectivity index (χ1) is 9.36. The molecule has 20 heavy (non-hydrogen) atoms. The smallest absolute Gasteiger partial charge is 0.317 e. The van der Waals surface area contributed by atoms with Crippen LogP contribution in [0.3, 0.4) is 0 Å². The van der Waals surface area contributed by atoms with Gasteiger partial charge < -0.3 is 20.7 Å². The fourth-order valence-corrected chi connectivity index (χ4v) is 1.52. The molecule has 0 radical (unpaired) electrons. The van der Waals surface area contributed by atoms with Crippen LogP contribution in [0, 0.1) is 6.92 Å². The molecule has 1 rings (SSSR count). The molecule has 0 atom stereocenters. The van der Waals surface area contributed by atoms with E-state index in [0.717, 1.165) is 0 Å². The second-order valence-electron chi connectivity index (χ2n) is 4.19. The van der Waals surface area contributed by atoms with Crippen molar-refractivity contribution in [3.8, 4) is 0 Å². The highest BCUT2D eigenvalue weighted by Crippen LogP contribution is 2.07. The van der Waals surface area contributed by atoms with E-state index < -0.39 is 11.9 Å². The van der Waals surface area contributed by atoms with Gasteiger partial charge in [0.2, 0.25) is 11.8 Å². The molecule has 9 heteroatoms. The van der Waals surface area contributed by atoms with Crippen LogP contribution in [-0.4, -0.2) is 52.6 Å². The predicted molar refractivity (Wildman–Crippen MR) is 67.8 cm³/mol. The fraction of sp³-hybridized carbons (Fsp3) is 0.455. The van der Waals surface area contributed by atoms with Crippen LogP contribution >= 0.6 is 0 Å². The molecule has 0 aliphatic carbocycles. The molecule has 0 unspecified atom stereocenters. The van der Waals surface area contributed by atoms with Gasteiger partial charge >= 0.3 is 5.97 Å². The number of aryl methyl sites for hydroxylation is 1. The summed E-state index contributed by atoms with van der Waals surface area (Å²) in [6, 6.07) is 1.55. The molecule has 1 heterocycles. The molecule has 1 aromatic heterocycles. The number of aromatic nitrogens is 1. The van der Waals surface area contributed by atoms with Crippen LogP contribution < -0.4 is 11.1 Å². The number of carbonyl (C=O) groups is 3. The molecule has 0 aromatic carbocycles. The van der Waals surface area contributed by atoms with Crippen molar-refractivity contribution in [3.05, 3.63) is 11.8 Å². The SMILES string of the molecule is Cc1cc(NC(=O)CCN(CC(N)=O)CC(=O)O)no1. The maximum absolute atomic E-state index is 11.6. The van der Waals surface area contributed by atoms with Crippen LogP contribution in [-0.2, 0) is 14.4 Å². The van der Waals surface area contributed by atoms with Crippen molar-refractivity contribution < 1.29 is 24.0 Å². The average Bonchev–Trinajstić information content (AvgIpc) is 2.70. The van der Waals surface area contributed by atoms with E-state index in [1.54, 1.807) is 13.0 Å². The van der Waals surface area contributed by atoms with E-state index in [-0.39, 0.29) is 37.8 Å². The van der Waals surface area contributed by atoms with Gasteiger partial charge in [-0.15, -0.1) is 0 Å². The van der Waals surface area contributed by atoms with Crippen LogP contribution in [0.5, 0.6) is 0 Å². The first-order valence-corrected chi connectivity index (χ1v) is 5.82. The minimum Gasteiger partial charge on any atom is -0.480 e. The van der Waals surface area contributed by atoms with Gasteiger partial charge in [-0.3, -0.25) is 19.3 Å². The summed E-state index contributed by atoms with van der Waals surface area (Å²) in [5, 5.41) is 14.8. The minimum atomic E-state index is -1.10. The van der Waals surface area contributed by atoms with Gasteiger partial charge in [-0.2, -0.15) is 0 Å². The zero-order chi connectivity index (χ0) is 15.1. The minimum absolute atomic E-state index is 0.00642. The van der Waals surface area contributed by atoms with Gasteiger partial charge in [0.05, 0.1) is 13.1 Å². The second-order valence-corrected chi connectivity index (χ2v) is 4.19. The van der Waals surface area contributed by atoms with E-state index in [9.17, 15) is 14.4 Å². The predicted octanol–water partition coefficient (Wildman–Crippen LogP) is -0.816. The average molecular weight is 284 g/mol. The molecule has 0 bridgehead atoms. The zero-order valence-corrected chi connectivity index (χ0v) is 11.0. The Morgan fingerprint density at radius 3 is 2.65 bits per heavy atom. The van der Waals surface area contributed by atoms with Gasteiger partial charge in [0.15, 0.2) is 5.82 Å². The number of carboxylic acids is 1. The van der Waals surface area contributed by atoms with Crippen LogP contribution in [0.1, 0.15) is 12.2 Å². The molecule has 110 valence electrons. The van der Waals surface area contributed by atoms with Crippen molar-refractivity contribution in [3.63, 3.8) is 0 Å². The number of primary amides is 1. The molecule has 0 spiro atoms. The van der Waals surface area contributed by atoms with Crippen LogP contribution in [0.2, 0.25) is 0 Å². The Kier molecular flexibility index (Phi) is 5.66. The summed E-state index contributed by atoms with van der Waals surface area (Å²) in [6.07, 6.45) is 0.00642. The Morgan fingerprint density at radius 2 is 2.15 bits per heavy atom. The fourth-order valence-electron chi connectivity index (χ4n) is 1.52. The van der Waals surface area contributed by atoms with Gasteiger partial charge in [-0.05, 0) is 6.92 Å². The summed E-state index contributed by atoms with van der Waals surface area (Å²) in [7, 11) is 0. The quantitative estimate of drug-likeness (QED) is 0.567. The van der Waals surface area contributed by atoms with E-state index in [1.807, 2.05) is 0 Å². The highest BCUT2D eigenvalue weighted by atomic mass is 16.5. The van der Waals surface area contributed by atoms with Crippen molar-refractivity contribution in [2.75, 3.05) is 25.0 Å². The topological polar surface area (TPSA) is 139 Å². The second kappa shape index (κ2) is 7.24. The summed E-state index contributed by atoms with van der Waals surface area (Å²) in [5.41, 5.74) is 5.01. The molecular weight excluding hydrogens is 268 g/mol.